The van der Waals surface area contributed by atoms with E-state index < -0.39 is 20.0 Å². The molecule has 0 unspecified atom stereocenters. The summed E-state index contributed by atoms with van der Waals surface area (Å²) in [6.07, 6.45) is 2.00. The number of carbonyl (C=O) groups excluding carboxylic acids is 1. The van der Waals surface area contributed by atoms with Crippen LogP contribution in [0.2, 0.25) is 0 Å². The molecule has 0 bridgehead atoms. The molecule has 0 saturated carbocycles. The van der Waals surface area contributed by atoms with Crippen molar-refractivity contribution < 1.29 is 21.6 Å². The zero-order chi connectivity index (χ0) is 24.2. The van der Waals surface area contributed by atoms with Crippen molar-refractivity contribution >= 4 is 37.3 Å². The van der Waals surface area contributed by atoms with E-state index >= 15 is 0 Å². The van der Waals surface area contributed by atoms with Crippen LogP contribution in [0.4, 0.5) is 11.4 Å². The molecule has 3 rings (SSSR count). The third-order valence-electron chi connectivity index (χ3n) is 5.67. The average Bonchev–Trinajstić information content (AvgIpc) is 2.79. The van der Waals surface area contributed by atoms with Crippen LogP contribution < -0.4 is 9.62 Å². The topological polar surface area (TPSA) is 104 Å². The van der Waals surface area contributed by atoms with Crippen LogP contribution in [0.3, 0.4) is 0 Å². The normalized spacial score (nSPS) is 14.2. The van der Waals surface area contributed by atoms with Gasteiger partial charge in [0.25, 0.3) is 5.91 Å². The molecule has 180 valence electrons. The van der Waals surface area contributed by atoms with Crippen LogP contribution >= 0.6 is 0 Å². The predicted molar refractivity (Wildman–Crippen MR) is 131 cm³/mol. The lowest BCUT2D eigenvalue weighted by atomic mass is 10.0. The number of sulfonamides is 2. The van der Waals surface area contributed by atoms with Crippen LogP contribution in [-0.4, -0.2) is 52.4 Å². The molecule has 1 aliphatic rings. The average molecular weight is 494 g/mol. The molecule has 0 saturated heterocycles. The lowest BCUT2D eigenvalue weighted by molar-refractivity contribution is 0.102. The number of nitrogens with zero attached hydrogens (tertiary/aromatic N) is 2. The van der Waals surface area contributed by atoms with E-state index in [1.54, 1.807) is 32.0 Å². The Morgan fingerprint density at radius 1 is 1.00 bits per heavy atom. The number of benzene rings is 2. The van der Waals surface area contributed by atoms with E-state index in [-0.39, 0.29) is 16.6 Å². The van der Waals surface area contributed by atoms with Crippen LogP contribution in [0.25, 0.3) is 0 Å². The minimum Gasteiger partial charge on any atom is -0.322 e. The molecular weight excluding hydrogens is 462 g/mol. The van der Waals surface area contributed by atoms with Crippen molar-refractivity contribution in [3.05, 3.63) is 53.6 Å². The second-order valence-electron chi connectivity index (χ2n) is 7.90. The van der Waals surface area contributed by atoms with E-state index in [0.717, 1.165) is 18.4 Å². The first-order chi connectivity index (χ1) is 15.6. The van der Waals surface area contributed by atoms with Crippen LogP contribution in [0.5, 0.6) is 0 Å². The number of amides is 1. The molecule has 0 atom stereocenters. The Morgan fingerprint density at radius 3 is 2.27 bits per heavy atom. The van der Waals surface area contributed by atoms with Crippen LogP contribution in [-0.2, 0) is 26.5 Å². The molecule has 8 nitrogen and oxygen atoms in total. The molecule has 0 aliphatic carbocycles. The third-order valence-corrected chi connectivity index (χ3v) is 9.71. The maximum atomic E-state index is 12.7. The number of hydrogen-bond donors (Lipinski definition) is 1. The molecular formula is C23H31N3O5S2. The monoisotopic (exact) mass is 493 g/mol. The van der Waals surface area contributed by atoms with Crippen molar-refractivity contribution in [2.45, 2.75) is 44.9 Å². The fourth-order valence-electron chi connectivity index (χ4n) is 3.99. The molecule has 0 radical (unpaired) electrons. The third kappa shape index (κ3) is 5.39. The van der Waals surface area contributed by atoms with E-state index in [4.69, 9.17) is 0 Å². The molecule has 1 heterocycles. The van der Waals surface area contributed by atoms with Gasteiger partial charge in [-0.1, -0.05) is 20.8 Å². The SMILES string of the molecule is CCCS(=O)(=O)N1CCCc2cc(NC(=O)c3ccc(S(=O)(=O)N(CC)CC)cc3)ccc21. The van der Waals surface area contributed by atoms with Gasteiger partial charge in [-0.3, -0.25) is 9.10 Å². The van der Waals surface area contributed by atoms with Gasteiger partial charge in [-0.05, 0) is 67.3 Å². The van der Waals surface area contributed by atoms with Crippen molar-refractivity contribution in [1.29, 1.82) is 0 Å². The molecule has 0 aromatic heterocycles. The second-order valence-corrected chi connectivity index (χ2v) is 11.9. The highest BCUT2D eigenvalue weighted by Gasteiger charge is 2.27. The Labute approximate surface area is 196 Å². The smallest absolute Gasteiger partial charge is 0.255 e. The number of aryl methyl sites for hydroxylation is 1. The minimum atomic E-state index is -3.59. The van der Waals surface area contributed by atoms with Crippen LogP contribution in [0, 0.1) is 0 Å². The summed E-state index contributed by atoms with van der Waals surface area (Å²) in [5, 5.41) is 2.82. The summed E-state index contributed by atoms with van der Waals surface area (Å²) < 4.78 is 53.2. The maximum absolute atomic E-state index is 12.7. The van der Waals surface area contributed by atoms with Gasteiger partial charge in [-0.25, -0.2) is 16.8 Å². The number of hydrogen-bond acceptors (Lipinski definition) is 5. The Balaban J connectivity index is 1.78. The zero-order valence-electron chi connectivity index (χ0n) is 19.2. The first kappa shape index (κ1) is 25.2. The van der Waals surface area contributed by atoms with Gasteiger partial charge in [0.05, 0.1) is 16.3 Å². The Hall–Kier alpha value is -2.43. The second kappa shape index (κ2) is 10.2. The van der Waals surface area contributed by atoms with Gasteiger partial charge in [0.1, 0.15) is 0 Å². The van der Waals surface area contributed by atoms with E-state index in [9.17, 15) is 21.6 Å². The van der Waals surface area contributed by atoms with Gasteiger partial charge in [0.15, 0.2) is 0 Å². The quantitative estimate of drug-likeness (QED) is 0.576. The van der Waals surface area contributed by atoms with Crippen molar-refractivity contribution in [2.75, 3.05) is 35.0 Å². The van der Waals surface area contributed by atoms with Crippen LogP contribution in [0.1, 0.15) is 49.5 Å². The molecule has 33 heavy (non-hydrogen) atoms. The van der Waals surface area contributed by atoms with E-state index in [0.29, 0.717) is 43.0 Å². The molecule has 0 spiro atoms. The molecule has 2 aromatic carbocycles. The van der Waals surface area contributed by atoms with Gasteiger partial charge in [0.2, 0.25) is 20.0 Å². The molecule has 1 N–H and O–H groups in total. The number of rotatable bonds is 9. The van der Waals surface area contributed by atoms with Crippen molar-refractivity contribution in [1.82, 2.24) is 4.31 Å². The molecule has 1 aliphatic heterocycles. The summed E-state index contributed by atoms with van der Waals surface area (Å²) in [4.78, 5) is 12.9. The molecule has 2 aromatic rings. The number of nitrogens with one attached hydrogen (secondary N) is 1. The Bertz CT molecular complexity index is 1210. The fourth-order valence-corrected chi connectivity index (χ4v) is 7.07. The molecule has 10 heteroatoms. The fraction of sp³-hybridized carbons (Fsp3) is 0.435. The first-order valence-corrected chi connectivity index (χ1v) is 14.2. The van der Waals surface area contributed by atoms with Gasteiger partial charge < -0.3 is 5.32 Å². The summed E-state index contributed by atoms with van der Waals surface area (Å²) in [6.45, 7) is 6.60. The highest BCUT2D eigenvalue weighted by Crippen LogP contribution is 2.32. The standard InChI is InChI=1S/C23H31N3O5S2/c1-4-16-32(28,29)26-15-7-8-19-17-20(11-14-22(19)26)24-23(27)18-9-12-21(13-10-18)33(30,31)25(5-2)6-3/h9-14,17H,4-8,15-16H2,1-3H3,(H,24,27). The van der Waals surface area contributed by atoms with E-state index in [1.807, 2.05) is 6.92 Å². The number of anilines is 2. The highest BCUT2D eigenvalue weighted by molar-refractivity contribution is 7.92. The lowest BCUT2D eigenvalue weighted by Crippen LogP contribution is -2.37. The summed E-state index contributed by atoms with van der Waals surface area (Å²) in [5.41, 5.74) is 2.43. The van der Waals surface area contributed by atoms with Gasteiger partial charge in [0, 0.05) is 30.9 Å². The van der Waals surface area contributed by atoms with E-state index in [2.05, 4.69) is 5.32 Å². The van der Waals surface area contributed by atoms with Crippen molar-refractivity contribution in [2.24, 2.45) is 0 Å². The van der Waals surface area contributed by atoms with Gasteiger partial charge in [-0.15, -0.1) is 0 Å². The van der Waals surface area contributed by atoms with Crippen LogP contribution in [0.15, 0.2) is 47.4 Å². The molecule has 1 amide bonds. The summed E-state index contributed by atoms with van der Waals surface area (Å²) in [6, 6.07) is 11.1. The highest BCUT2D eigenvalue weighted by atomic mass is 32.2. The zero-order valence-corrected chi connectivity index (χ0v) is 20.9. The summed E-state index contributed by atoms with van der Waals surface area (Å²) >= 11 is 0. The first-order valence-electron chi connectivity index (χ1n) is 11.2. The Morgan fingerprint density at radius 2 is 1.67 bits per heavy atom. The Kier molecular flexibility index (Phi) is 7.81. The van der Waals surface area contributed by atoms with Crippen molar-refractivity contribution in [3.63, 3.8) is 0 Å². The van der Waals surface area contributed by atoms with Gasteiger partial charge >= 0.3 is 0 Å². The van der Waals surface area contributed by atoms with E-state index in [1.165, 1.54) is 32.9 Å². The minimum absolute atomic E-state index is 0.102. The van der Waals surface area contributed by atoms with Gasteiger partial charge in [-0.2, -0.15) is 4.31 Å². The number of carbonyl (C=O) groups is 1. The largest absolute Gasteiger partial charge is 0.322 e. The molecule has 0 fully saturated rings. The lowest BCUT2D eigenvalue weighted by Gasteiger charge is -2.30. The summed E-state index contributed by atoms with van der Waals surface area (Å²) in [7, 11) is -6.95. The summed E-state index contributed by atoms with van der Waals surface area (Å²) in [5.74, 6) is -0.265. The number of fused-ring (bicyclic) bond motifs is 1. The van der Waals surface area contributed by atoms with Crippen molar-refractivity contribution in [3.8, 4) is 0 Å². The predicted octanol–water partition coefficient (Wildman–Crippen LogP) is 3.46. The maximum Gasteiger partial charge on any atom is 0.255 e.